The molecule has 1 heterocycles. The fourth-order valence-electron chi connectivity index (χ4n) is 2.80. The maximum Gasteiger partial charge on any atom is 0.255 e. The van der Waals surface area contributed by atoms with Gasteiger partial charge < -0.3 is 14.8 Å². The number of nitrogens with one attached hydrogen (secondary N) is 1. The molecule has 0 radical (unpaired) electrons. The van der Waals surface area contributed by atoms with Gasteiger partial charge in [-0.3, -0.25) is 9.69 Å². The Morgan fingerprint density at radius 1 is 1.19 bits per heavy atom. The van der Waals surface area contributed by atoms with Gasteiger partial charge in [0.25, 0.3) is 5.91 Å². The van der Waals surface area contributed by atoms with Crippen molar-refractivity contribution in [2.75, 3.05) is 38.2 Å². The predicted octanol–water partition coefficient (Wildman–Crippen LogP) is 3.34. The van der Waals surface area contributed by atoms with Crippen molar-refractivity contribution in [3.8, 4) is 5.75 Å². The first-order valence-corrected chi connectivity index (χ1v) is 8.79. The van der Waals surface area contributed by atoms with Crippen molar-refractivity contribution < 1.29 is 14.3 Å². The monoisotopic (exact) mass is 352 g/mol. The molecule has 2 aromatic carbocycles. The summed E-state index contributed by atoms with van der Waals surface area (Å²) in [6.45, 7) is 8.42. The number of ether oxygens (including phenoxy) is 2. The Hall–Kier alpha value is -2.63. The highest BCUT2D eigenvalue weighted by Crippen LogP contribution is 2.18. The maximum absolute atomic E-state index is 12.4. The number of anilines is 1. The smallest absolute Gasteiger partial charge is 0.255 e. The zero-order chi connectivity index (χ0) is 18.2. The van der Waals surface area contributed by atoms with E-state index in [1.807, 2.05) is 42.5 Å². The number of nitrogens with zero attached hydrogens (tertiary/aromatic N) is 1. The molecule has 0 unspecified atom stereocenters. The van der Waals surface area contributed by atoms with Crippen molar-refractivity contribution in [1.29, 1.82) is 0 Å². The van der Waals surface area contributed by atoms with Crippen LogP contribution >= 0.6 is 0 Å². The van der Waals surface area contributed by atoms with E-state index in [0.717, 1.165) is 32.8 Å². The molecule has 1 N–H and O–H groups in total. The molecule has 3 rings (SSSR count). The minimum absolute atomic E-state index is 0.135. The summed E-state index contributed by atoms with van der Waals surface area (Å²) in [4.78, 5) is 14.8. The van der Waals surface area contributed by atoms with Crippen molar-refractivity contribution in [2.24, 2.45) is 0 Å². The molecule has 136 valence electrons. The minimum atomic E-state index is -0.135. The Morgan fingerprint density at radius 2 is 1.96 bits per heavy atom. The molecule has 5 heteroatoms. The summed E-state index contributed by atoms with van der Waals surface area (Å²) in [6, 6.07) is 15.1. The fourth-order valence-corrected chi connectivity index (χ4v) is 2.80. The van der Waals surface area contributed by atoms with Crippen LogP contribution in [0.5, 0.6) is 5.75 Å². The number of carbonyl (C=O) groups excluding carboxylic acids is 1. The van der Waals surface area contributed by atoms with Gasteiger partial charge in [-0.2, -0.15) is 0 Å². The third-order valence-corrected chi connectivity index (χ3v) is 4.19. The molecule has 0 aromatic heterocycles. The average molecular weight is 352 g/mol. The van der Waals surface area contributed by atoms with Gasteiger partial charge in [0.05, 0.1) is 13.2 Å². The second-order valence-corrected chi connectivity index (χ2v) is 6.17. The first-order chi connectivity index (χ1) is 12.7. The molecular formula is C21H24N2O3. The van der Waals surface area contributed by atoms with Crippen LogP contribution in [0.25, 0.3) is 0 Å². The van der Waals surface area contributed by atoms with Gasteiger partial charge in [-0.1, -0.05) is 30.9 Å². The minimum Gasteiger partial charge on any atom is -0.489 e. The van der Waals surface area contributed by atoms with E-state index < -0.39 is 0 Å². The SMILES string of the molecule is C=CCOc1cccc(NC(=O)c2ccc(CN3CCOCC3)cc2)c1. The van der Waals surface area contributed by atoms with E-state index in [1.54, 1.807) is 12.1 Å². The first-order valence-electron chi connectivity index (χ1n) is 8.79. The van der Waals surface area contributed by atoms with Crippen LogP contribution in [0.3, 0.4) is 0 Å². The largest absolute Gasteiger partial charge is 0.489 e. The van der Waals surface area contributed by atoms with Crippen LogP contribution in [-0.4, -0.2) is 43.7 Å². The molecule has 0 saturated carbocycles. The lowest BCUT2D eigenvalue weighted by atomic mass is 10.1. The number of amides is 1. The number of hydrogen-bond donors (Lipinski definition) is 1. The van der Waals surface area contributed by atoms with Gasteiger partial charge in [0.15, 0.2) is 0 Å². The highest BCUT2D eigenvalue weighted by molar-refractivity contribution is 6.04. The van der Waals surface area contributed by atoms with Crippen LogP contribution in [0, 0.1) is 0 Å². The molecule has 1 saturated heterocycles. The zero-order valence-electron chi connectivity index (χ0n) is 14.8. The number of morpholine rings is 1. The van der Waals surface area contributed by atoms with Crippen LogP contribution < -0.4 is 10.1 Å². The standard InChI is InChI=1S/C21H24N2O3/c1-2-12-26-20-5-3-4-19(15-20)22-21(24)18-8-6-17(7-9-18)16-23-10-13-25-14-11-23/h2-9,15H,1,10-14,16H2,(H,22,24). The van der Waals surface area contributed by atoms with E-state index in [4.69, 9.17) is 9.47 Å². The van der Waals surface area contributed by atoms with Gasteiger partial charge in [0, 0.05) is 37.0 Å². The fraction of sp³-hybridized carbons (Fsp3) is 0.286. The topological polar surface area (TPSA) is 50.8 Å². The van der Waals surface area contributed by atoms with E-state index >= 15 is 0 Å². The van der Waals surface area contributed by atoms with E-state index in [2.05, 4.69) is 16.8 Å². The second-order valence-electron chi connectivity index (χ2n) is 6.17. The van der Waals surface area contributed by atoms with Crippen LogP contribution in [-0.2, 0) is 11.3 Å². The summed E-state index contributed by atoms with van der Waals surface area (Å²) in [6.07, 6.45) is 1.68. The van der Waals surface area contributed by atoms with Crippen molar-refractivity contribution in [1.82, 2.24) is 4.90 Å². The normalized spacial score (nSPS) is 14.6. The van der Waals surface area contributed by atoms with Crippen LogP contribution in [0.4, 0.5) is 5.69 Å². The molecular weight excluding hydrogens is 328 g/mol. The number of rotatable bonds is 7. The summed E-state index contributed by atoms with van der Waals surface area (Å²) >= 11 is 0. The van der Waals surface area contributed by atoms with Crippen molar-refractivity contribution in [3.05, 3.63) is 72.3 Å². The van der Waals surface area contributed by atoms with E-state index in [-0.39, 0.29) is 5.91 Å². The van der Waals surface area contributed by atoms with Crippen molar-refractivity contribution in [2.45, 2.75) is 6.54 Å². The molecule has 1 aliphatic rings. The quantitative estimate of drug-likeness (QED) is 0.777. The van der Waals surface area contributed by atoms with Gasteiger partial charge in [-0.25, -0.2) is 0 Å². The van der Waals surface area contributed by atoms with Gasteiger partial charge in [0.1, 0.15) is 12.4 Å². The molecule has 26 heavy (non-hydrogen) atoms. The zero-order valence-corrected chi connectivity index (χ0v) is 14.8. The number of benzene rings is 2. The molecule has 0 atom stereocenters. The summed E-state index contributed by atoms with van der Waals surface area (Å²) < 4.78 is 10.9. The Labute approximate surface area is 154 Å². The maximum atomic E-state index is 12.4. The van der Waals surface area contributed by atoms with Gasteiger partial charge >= 0.3 is 0 Å². The summed E-state index contributed by atoms with van der Waals surface area (Å²) in [5.74, 6) is 0.562. The molecule has 0 spiro atoms. The highest BCUT2D eigenvalue weighted by Gasteiger charge is 2.11. The Kier molecular flexibility index (Phi) is 6.41. The van der Waals surface area contributed by atoms with Crippen molar-refractivity contribution >= 4 is 11.6 Å². The van der Waals surface area contributed by atoms with Gasteiger partial charge in [0.2, 0.25) is 0 Å². The summed E-state index contributed by atoms with van der Waals surface area (Å²) in [7, 11) is 0. The number of carbonyl (C=O) groups is 1. The highest BCUT2D eigenvalue weighted by atomic mass is 16.5. The molecule has 1 amide bonds. The van der Waals surface area contributed by atoms with E-state index in [9.17, 15) is 4.79 Å². The van der Waals surface area contributed by atoms with Crippen molar-refractivity contribution in [3.63, 3.8) is 0 Å². The summed E-state index contributed by atoms with van der Waals surface area (Å²) in [5, 5.41) is 2.90. The second kappa shape index (κ2) is 9.17. The van der Waals surface area contributed by atoms with E-state index in [1.165, 1.54) is 5.56 Å². The Morgan fingerprint density at radius 3 is 2.69 bits per heavy atom. The van der Waals surface area contributed by atoms with Crippen LogP contribution in [0.15, 0.2) is 61.2 Å². The molecule has 1 fully saturated rings. The molecule has 5 nitrogen and oxygen atoms in total. The molecule has 2 aromatic rings. The Balaban J connectivity index is 1.58. The lowest BCUT2D eigenvalue weighted by Gasteiger charge is -2.26. The Bertz CT molecular complexity index is 737. The molecule has 0 aliphatic carbocycles. The third kappa shape index (κ3) is 5.18. The summed E-state index contributed by atoms with van der Waals surface area (Å²) in [5.41, 5.74) is 2.53. The molecule has 0 bridgehead atoms. The van der Waals surface area contributed by atoms with Crippen LogP contribution in [0.2, 0.25) is 0 Å². The predicted molar refractivity (Wildman–Crippen MR) is 103 cm³/mol. The number of hydrogen-bond acceptors (Lipinski definition) is 4. The lowest BCUT2D eigenvalue weighted by Crippen LogP contribution is -2.35. The van der Waals surface area contributed by atoms with Crippen LogP contribution in [0.1, 0.15) is 15.9 Å². The van der Waals surface area contributed by atoms with E-state index in [0.29, 0.717) is 23.6 Å². The lowest BCUT2D eigenvalue weighted by molar-refractivity contribution is 0.0342. The molecule has 1 aliphatic heterocycles. The average Bonchev–Trinajstić information content (AvgIpc) is 2.68. The van der Waals surface area contributed by atoms with Gasteiger partial charge in [-0.15, -0.1) is 0 Å². The van der Waals surface area contributed by atoms with Gasteiger partial charge in [-0.05, 0) is 29.8 Å². The first kappa shape index (κ1) is 18.2. The third-order valence-electron chi connectivity index (χ3n) is 4.19.